The second-order valence-corrected chi connectivity index (χ2v) is 4.08. The van der Waals surface area contributed by atoms with Crippen LogP contribution in [0.15, 0.2) is 28.9 Å². The number of nitrogens with zero attached hydrogens (tertiary/aromatic N) is 2. The van der Waals surface area contributed by atoms with Crippen LogP contribution in [-0.2, 0) is 0 Å². The number of nitro benzene ring substituents is 1. The quantitative estimate of drug-likeness (QED) is 0.647. The summed E-state index contributed by atoms with van der Waals surface area (Å²) in [4.78, 5) is 33.0. The first-order valence-corrected chi connectivity index (χ1v) is 5.64. The fourth-order valence-corrected chi connectivity index (χ4v) is 1.62. The number of hydrogen-bond acceptors (Lipinski definition) is 6. The van der Waals surface area contributed by atoms with Crippen molar-refractivity contribution in [2.45, 2.75) is 6.92 Å². The lowest BCUT2D eigenvalue weighted by Gasteiger charge is -2.07. The number of aromatic nitrogens is 1. The van der Waals surface area contributed by atoms with Crippen LogP contribution in [0.1, 0.15) is 26.5 Å². The Balaban J connectivity index is 2.36. The number of carboxylic acids is 1. The summed E-state index contributed by atoms with van der Waals surface area (Å²) in [6.07, 6.45) is 1.34. The number of aryl methyl sites for hydroxylation is 1. The molecule has 0 saturated heterocycles. The molecule has 0 saturated carbocycles. The van der Waals surface area contributed by atoms with Crippen molar-refractivity contribution in [2.75, 3.05) is 5.32 Å². The topological polar surface area (TPSA) is 136 Å². The largest absolute Gasteiger partial charge is 0.478 e. The van der Waals surface area contributed by atoms with Crippen LogP contribution < -0.4 is 5.32 Å². The van der Waals surface area contributed by atoms with Gasteiger partial charge in [0.15, 0.2) is 0 Å². The van der Waals surface area contributed by atoms with Crippen LogP contribution in [0.5, 0.6) is 0 Å². The molecule has 2 rings (SSSR count). The minimum atomic E-state index is -1.40. The van der Waals surface area contributed by atoms with Crippen molar-refractivity contribution in [3.8, 4) is 0 Å². The van der Waals surface area contributed by atoms with Gasteiger partial charge in [0.05, 0.1) is 22.4 Å². The maximum absolute atomic E-state index is 11.9. The lowest BCUT2D eigenvalue weighted by molar-refractivity contribution is -0.384. The van der Waals surface area contributed by atoms with E-state index in [1.165, 1.54) is 6.20 Å². The minimum absolute atomic E-state index is 0.0651. The van der Waals surface area contributed by atoms with Crippen LogP contribution >= 0.6 is 0 Å². The SMILES string of the molecule is Cc1cnoc1C(=O)Nc1ccc([N+](=O)[O-])cc1C(=O)O. The normalized spacial score (nSPS) is 10.1. The summed E-state index contributed by atoms with van der Waals surface area (Å²) in [7, 11) is 0. The summed E-state index contributed by atoms with van der Waals surface area (Å²) in [6, 6.07) is 3.10. The Hall–Kier alpha value is -3.23. The van der Waals surface area contributed by atoms with Gasteiger partial charge in [-0.05, 0) is 13.0 Å². The Morgan fingerprint density at radius 1 is 1.43 bits per heavy atom. The number of carbonyl (C=O) groups is 2. The number of aromatic carboxylic acids is 1. The minimum Gasteiger partial charge on any atom is -0.478 e. The van der Waals surface area contributed by atoms with Gasteiger partial charge < -0.3 is 14.9 Å². The lowest BCUT2D eigenvalue weighted by atomic mass is 10.1. The smallest absolute Gasteiger partial charge is 0.338 e. The first-order chi connectivity index (χ1) is 9.90. The van der Waals surface area contributed by atoms with Gasteiger partial charge in [0.1, 0.15) is 0 Å². The number of anilines is 1. The molecule has 0 unspecified atom stereocenters. The molecule has 0 spiro atoms. The molecule has 1 aromatic carbocycles. The average Bonchev–Trinajstić information content (AvgIpc) is 2.85. The molecule has 0 fully saturated rings. The van der Waals surface area contributed by atoms with Gasteiger partial charge in [0, 0.05) is 17.7 Å². The van der Waals surface area contributed by atoms with E-state index in [4.69, 9.17) is 9.63 Å². The molecule has 0 aliphatic rings. The van der Waals surface area contributed by atoms with E-state index < -0.39 is 22.4 Å². The molecule has 9 heteroatoms. The van der Waals surface area contributed by atoms with E-state index in [9.17, 15) is 19.7 Å². The van der Waals surface area contributed by atoms with Crippen LogP contribution in [0.2, 0.25) is 0 Å². The van der Waals surface area contributed by atoms with Crippen LogP contribution in [0.3, 0.4) is 0 Å². The van der Waals surface area contributed by atoms with Gasteiger partial charge in [-0.15, -0.1) is 0 Å². The second kappa shape index (κ2) is 5.41. The monoisotopic (exact) mass is 291 g/mol. The summed E-state index contributed by atoms with van der Waals surface area (Å²) < 4.78 is 4.74. The van der Waals surface area contributed by atoms with Crippen molar-refractivity contribution in [1.82, 2.24) is 5.16 Å². The summed E-state index contributed by atoms with van der Waals surface area (Å²) >= 11 is 0. The Morgan fingerprint density at radius 2 is 2.14 bits per heavy atom. The first kappa shape index (κ1) is 14.2. The van der Waals surface area contributed by atoms with Crippen molar-refractivity contribution >= 4 is 23.3 Å². The molecule has 0 bridgehead atoms. The highest BCUT2D eigenvalue weighted by Crippen LogP contribution is 2.23. The van der Waals surface area contributed by atoms with Gasteiger partial charge in [-0.25, -0.2) is 4.79 Å². The third-order valence-corrected chi connectivity index (χ3v) is 2.65. The number of nitro groups is 1. The van der Waals surface area contributed by atoms with E-state index in [2.05, 4.69) is 10.5 Å². The fourth-order valence-electron chi connectivity index (χ4n) is 1.62. The molecule has 21 heavy (non-hydrogen) atoms. The molecule has 108 valence electrons. The van der Waals surface area contributed by atoms with Gasteiger partial charge in [-0.3, -0.25) is 14.9 Å². The highest BCUT2D eigenvalue weighted by Gasteiger charge is 2.20. The third-order valence-electron chi connectivity index (χ3n) is 2.65. The predicted molar refractivity (Wildman–Crippen MR) is 69.2 cm³/mol. The van der Waals surface area contributed by atoms with Gasteiger partial charge >= 0.3 is 5.97 Å². The Bertz CT molecular complexity index is 736. The highest BCUT2D eigenvalue weighted by molar-refractivity contribution is 6.07. The van der Waals surface area contributed by atoms with Crippen LogP contribution in [0.25, 0.3) is 0 Å². The molecule has 1 aromatic heterocycles. The molecule has 0 aliphatic carbocycles. The van der Waals surface area contributed by atoms with Crippen molar-refractivity contribution in [1.29, 1.82) is 0 Å². The number of carboxylic acid groups (broad SMARTS) is 1. The fraction of sp³-hybridized carbons (Fsp3) is 0.0833. The predicted octanol–water partition coefficient (Wildman–Crippen LogP) is 1.84. The van der Waals surface area contributed by atoms with Crippen molar-refractivity contribution < 1.29 is 24.1 Å². The molecule has 2 N–H and O–H groups in total. The number of hydrogen-bond donors (Lipinski definition) is 2. The van der Waals surface area contributed by atoms with E-state index in [-0.39, 0.29) is 17.1 Å². The lowest BCUT2D eigenvalue weighted by Crippen LogP contribution is -2.15. The molecule has 0 aliphatic heterocycles. The van der Waals surface area contributed by atoms with Crippen LogP contribution in [0, 0.1) is 17.0 Å². The Morgan fingerprint density at radius 3 is 2.67 bits per heavy atom. The van der Waals surface area contributed by atoms with E-state index in [1.54, 1.807) is 6.92 Å². The second-order valence-electron chi connectivity index (χ2n) is 4.08. The van der Waals surface area contributed by atoms with Crippen molar-refractivity contribution in [3.05, 3.63) is 51.4 Å². The van der Waals surface area contributed by atoms with Crippen molar-refractivity contribution in [3.63, 3.8) is 0 Å². The number of nitrogens with one attached hydrogen (secondary N) is 1. The molecular formula is C12H9N3O6. The van der Waals surface area contributed by atoms with Crippen molar-refractivity contribution in [2.24, 2.45) is 0 Å². The van der Waals surface area contributed by atoms with E-state index >= 15 is 0 Å². The molecule has 0 radical (unpaired) electrons. The van der Waals surface area contributed by atoms with Gasteiger partial charge in [0.25, 0.3) is 11.6 Å². The molecular weight excluding hydrogens is 282 g/mol. The average molecular weight is 291 g/mol. The third kappa shape index (κ3) is 2.86. The standard InChI is InChI=1S/C12H9N3O6/c1-6-5-13-21-10(6)11(16)14-9-3-2-7(15(19)20)4-8(9)12(17)18/h2-5H,1H3,(H,14,16)(H,17,18). The number of amides is 1. The first-order valence-electron chi connectivity index (χ1n) is 5.64. The zero-order chi connectivity index (χ0) is 15.6. The maximum Gasteiger partial charge on any atom is 0.338 e. The number of rotatable bonds is 4. The molecule has 1 amide bonds. The highest BCUT2D eigenvalue weighted by atomic mass is 16.6. The zero-order valence-corrected chi connectivity index (χ0v) is 10.7. The van der Waals surface area contributed by atoms with E-state index in [0.29, 0.717) is 5.56 Å². The van der Waals surface area contributed by atoms with Gasteiger partial charge in [-0.1, -0.05) is 5.16 Å². The zero-order valence-electron chi connectivity index (χ0n) is 10.7. The molecule has 9 nitrogen and oxygen atoms in total. The Kier molecular flexibility index (Phi) is 3.65. The summed E-state index contributed by atoms with van der Waals surface area (Å²) in [5.74, 6) is -2.16. The van der Waals surface area contributed by atoms with Crippen LogP contribution in [-0.4, -0.2) is 27.1 Å². The summed E-state index contributed by atoms with van der Waals surface area (Å²) in [5.41, 5.74) is -0.379. The summed E-state index contributed by atoms with van der Waals surface area (Å²) in [6.45, 7) is 1.60. The van der Waals surface area contributed by atoms with Gasteiger partial charge in [0.2, 0.25) is 5.76 Å². The Labute approximate surface area is 117 Å². The van der Waals surface area contributed by atoms with E-state index in [0.717, 1.165) is 18.2 Å². The van der Waals surface area contributed by atoms with Gasteiger partial charge in [-0.2, -0.15) is 0 Å². The number of benzene rings is 1. The van der Waals surface area contributed by atoms with E-state index in [1.807, 2.05) is 0 Å². The summed E-state index contributed by atoms with van der Waals surface area (Å²) in [5, 5.41) is 25.5. The number of carbonyl (C=O) groups excluding carboxylic acids is 1. The van der Waals surface area contributed by atoms with Crippen LogP contribution in [0.4, 0.5) is 11.4 Å². The molecule has 2 aromatic rings. The molecule has 1 heterocycles. The molecule has 0 atom stereocenters. The maximum atomic E-state index is 11.9. The number of non-ortho nitro benzene ring substituents is 1.